The van der Waals surface area contributed by atoms with Crippen molar-refractivity contribution in [3.05, 3.63) is 65.0 Å². The van der Waals surface area contributed by atoms with Gasteiger partial charge in [0.15, 0.2) is 0 Å². The number of aromatic nitrogens is 2. The minimum Gasteiger partial charge on any atom is -0.383 e. The van der Waals surface area contributed by atoms with Crippen molar-refractivity contribution in [2.75, 3.05) is 5.73 Å². The van der Waals surface area contributed by atoms with E-state index in [0.29, 0.717) is 35.4 Å². The van der Waals surface area contributed by atoms with Gasteiger partial charge in [-0.25, -0.2) is 4.98 Å². The maximum Gasteiger partial charge on any atom is 0.417 e. The molecule has 0 radical (unpaired) electrons. The van der Waals surface area contributed by atoms with E-state index in [1.54, 1.807) is 23.1 Å². The van der Waals surface area contributed by atoms with Crippen molar-refractivity contribution in [2.24, 2.45) is 5.92 Å². The molecular formula is C24H22F3N5O. The molecule has 0 aliphatic heterocycles. The number of hydrogen-bond donors (Lipinski definition) is 1. The SMILES string of the molecule is Cc1cc2cc(C(=O)N(Cc3ccc(C(F)(F)F)cn3)C3CCCC3C#N)ccc2nc1N. The zero-order valence-corrected chi connectivity index (χ0v) is 17.9. The molecule has 0 spiro atoms. The first-order chi connectivity index (χ1) is 15.7. The van der Waals surface area contributed by atoms with Gasteiger partial charge in [0.2, 0.25) is 0 Å². The molecule has 9 heteroatoms. The summed E-state index contributed by atoms with van der Waals surface area (Å²) in [5.41, 5.74) is 7.20. The third-order valence-electron chi connectivity index (χ3n) is 6.08. The van der Waals surface area contributed by atoms with Crippen LogP contribution in [0.15, 0.2) is 42.6 Å². The van der Waals surface area contributed by atoms with Gasteiger partial charge < -0.3 is 10.6 Å². The number of carbonyl (C=O) groups excluding carboxylic acids is 1. The smallest absolute Gasteiger partial charge is 0.383 e. The summed E-state index contributed by atoms with van der Waals surface area (Å²) < 4.78 is 38.7. The fourth-order valence-corrected chi connectivity index (χ4v) is 4.26. The minimum absolute atomic E-state index is 0.0108. The van der Waals surface area contributed by atoms with E-state index in [1.807, 2.05) is 13.0 Å². The van der Waals surface area contributed by atoms with Gasteiger partial charge in [-0.1, -0.05) is 0 Å². The number of nitrogens with two attached hydrogens (primary N) is 1. The number of halogens is 3. The van der Waals surface area contributed by atoms with E-state index in [1.165, 1.54) is 6.07 Å². The highest BCUT2D eigenvalue weighted by Crippen LogP contribution is 2.33. The summed E-state index contributed by atoms with van der Waals surface area (Å²) >= 11 is 0. The second kappa shape index (κ2) is 8.70. The number of aryl methyl sites for hydroxylation is 1. The van der Waals surface area contributed by atoms with Gasteiger partial charge in [0.1, 0.15) is 5.82 Å². The first kappa shape index (κ1) is 22.5. The van der Waals surface area contributed by atoms with E-state index in [9.17, 15) is 23.2 Å². The Morgan fingerprint density at radius 2 is 2.03 bits per heavy atom. The van der Waals surface area contributed by atoms with E-state index in [-0.39, 0.29) is 24.4 Å². The highest BCUT2D eigenvalue weighted by Gasteiger charge is 2.36. The molecule has 2 N–H and O–H groups in total. The number of hydrogen-bond acceptors (Lipinski definition) is 5. The molecule has 6 nitrogen and oxygen atoms in total. The number of rotatable bonds is 4. The number of anilines is 1. The molecule has 1 aliphatic carbocycles. The molecule has 1 aromatic carbocycles. The Balaban J connectivity index is 1.69. The fourth-order valence-electron chi connectivity index (χ4n) is 4.26. The summed E-state index contributed by atoms with van der Waals surface area (Å²) in [4.78, 5) is 23.4. The first-order valence-corrected chi connectivity index (χ1v) is 10.6. The van der Waals surface area contributed by atoms with Crippen molar-refractivity contribution >= 4 is 22.6 Å². The Hall–Kier alpha value is -3.67. The highest BCUT2D eigenvalue weighted by molar-refractivity contribution is 5.98. The van der Waals surface area contributed by atoms with E-state index in [2.05, 4.69) is 16.0 Å². The number of amides is 1. The van der Waals surface area contributed by atoms with Crippen molar-refractivity contribution in [1.29, 1.82) is 5.26 Å². The summed E-state index contributed by atoms with van der Waals surface area (Å²) in [6, 6.07) is 11.1. The molecule has 1 aliphatic rings. The molecule has 2 aromatic heterocycles. The maximum absolute atomic E-state index is 13.6. The zero-order chi connectivity index (χ0) is 23.8. The Labute approximate surface area is 188 Å². The molecule has 2 unspecified atom stereocenters. The molecule has 170 valence electrons. The second-order valence-electron chi connectivity index (χ2n) is 8.30. The van der Waals surface area contributed by atoms with Crippen LogP contribution in [0.5, 0.6) is 0 Å². The summed E-state index contributed by atoms with van der Waals surface area (Å²) in [5.74, 6) is -0.229. The maximum atomic E-state index is 13.6. The largest absolute Gasteiger partial charge is 0.417 e. The normalized spacial score (nSPS) is 18.3. The zero-order valence-electron chi connectivity index (χ0n) is 17.9. The molecule has 1 fully saturated rings. The number of fused-ring (bicyclic) bond motifs is 1. The van der Waals surface area contributed by atoms with Crippen LogP contribution in [0.4, 0.5) is 19.0 Å². The summed E-state index contributed by atoms with van der Waals surface area (Å²) in [7, 11) is 0. The van der Waals surface area contributed by atoms with Gasteiger partial charge in [-0.05, 0) is 68.1 Å². The second-order valence-corrected chi connectivity index (χ2v) is 8.30. The molecule has 1 saturated carbocycles. The average molecular weight is 453 g/mol. The van der Waals surface area contributed by atoms with Crippen LogP contribution in [0.25, 0.3) is 10.9 Å². The van der Waals surface area contributed by atoms with Crippen molar-refractivity contribution < 1.29 is 18.0 Å². The standard InChI is InChI=1S/C24H22F3N5O/c1-14-9-17-10-15(5-8-20(17)31-22(14)29)23(33)32(21-4-2-3-16(21)11-28)13-19-7-6-18(12-30-19)24(25,26)27/h5-10,12,16,21H,2-4,13H2,1H3,(H2,29,31). The van der Waals surface area contributed by atoms with Crippen LogP contribution >= 0.6 is 0 Å². The molecule has 0 bridgehead atoms. The Morgan fingerprint density at radius 3 is 2.70 bits per heavy atom. The molecule has 2 heterocycles. The predicted molar refractivity (Wildman–Crippen MR) is 117 cm³/mol. The molecule has 2 atom stereocenters. The number of benzene rings is 1. The van der Waals surface area contributed by atoms with E-state index >= 15 is 0 Å². The van der Waals surface area contributed by atoms with Crippen molar-refractivity contribution in [2.45, 2.75) is 44.9 Å². The van der Waals surface area contributed by atoms with Gasteiger partial charge in [0.25, 0.3) is 5.91 Å². The number of alkyl halides is 3. The quantitative estimate of drug-likeness (QED) is 0.608. The van der Waals surface area contributed by atoms with Crippen LogP contribution in [0.2, 0.25) is 0 Å². The molecule has 3 aromatic rings. The Morgan fingerprint density at radius 1 is 1.24 bits per heavy atom. The third kappa shape index (κ3) is 4.60. The lowest BCUT2D eigenvalue weighted by atomic mass is 10.0. The van der Waals surface area contributed by atoms with Gasteiger partial charge in [0.05, 0.1) is 35.3 Å². The van der Waals surface area contributed by atoms with Gasteiger partial charge in [-0.2, -0.15) is 18.4 Å². The van der Waals surface area contributed by atoms with Crippen LogP contribution in [-0.2, 0) is 12.7 Å². The molecule has 0 saturated heterocycles. The van der Waals surface area contributed by atoms with Gasteiger partial charge in [0, 0.05) is 23.2 Å². The van der Waals surface area contributed by atoms with Crippen LogP contribution < -0.4 is 5.73 Å². The topological polar surface area (TPSA) is 95.9 Å². The lowest BCUT2D eigenvalue weighted by Crippen LogP contribution is -2.41. The Kier molecular flexibility index (Phi) is 5.93. The number of nitrogens with zero attached hydrogens (tertiary/aromatic N) is 4. The average Bonchev–Trinajstić information content (AvgIpc) is 3.26. The predicted octanol–water partition coefficient (Wildman–Crippen LogP) is 4.87. The van der Waals surface area contributed by atoms with Crippen LogP contribution in [0.1, 0.15) is 46.4 Å². The number of nitriles is 1. The van der Waals surface area contributed by atoms with Crippen molar-refractivity contribution in [1.82, 2.24) is 14.9 Å². The van der Waals surface area contributed by atoms with E-state index in [0.717, 1.165) is 29.6 Å². The fraction of sp³-hybridized carbons (Fsp3) is 0.333. The first-order valence-electron chi connectivity index (χ1n) is 10.6. The molecular weight excluding hydrogens is 431 g/mol. The lowest BCUT2D eigenvalue weighted by Gasteiger charge is -2.31. The highest BCUT2D eigenvalue weighted by atomic mass is 19.4. The van der Waals surface area contributed by atoms with Crippen LogP contribution in [-0.4, -0.2) is 26.8 Å². The molecule has 1 amide bonds. The van der Waals surface area contributed by atoms with Gasteiger partial charge in [-0.15, -0.1) is 0 Å². The van der Waals surface area contributed by atoms with Crippen molar-refractivity contribution in [3.8, 4) is 6.07 Å². The monoisotopic (exact) mass is 453 g/mol. The Bertz CT molecular complexity index is 1230. The molecule has 4 rings (SSSR count). The number of nitrogen functional groups attached to an aromatic ring is 1. The van der Waals surface area contributed by atoms with Crippen LogP contribution in [0.3, 0.4) is 0 Å². The molecule has 33 heavy (non-hydrogen) atoms. The summed E-state index contributed by atoms with van der Waals surface area (Å²) in [6.45, 7) is 1.84. The summed E-state index contributed by atoms with van der Waals surface area (Å²) in [6.07, 6.45) is -1.60. The van der Waals surface area contributed by atoms with E-state index in [4.69, 9.17) is 5.73 Å². The van der Waals surface area contributed by atoms with Gasteiger partial charge >= 0.3 is 6.18 Å². The number of pyridine rings is 2. The van der Waals surface area contributed by atoms with Crippen LogP contribution in [0, 0.1) is 24.2 Å². The summed E-state index contributed by atoms with van der Waals surface area (Å²) in [5, 5.41) is 10.3. The minimum atomic E-state index is -4.49. The van der Waals surface area contributed by atoms with E-state index < -0.39 is 11.7 Å². The van der Waals surface area contributed by atoms with Gasteiger partial charge in [-0.3, -0.25) is 9.78 Å². The lowest BCUT2D eigenvalue weighted by molar-refractivity contribution is -0.137. The van der Waals surface area contributed by atoms with Crippen molar-refractivity contribution in [3.63, 3.8) is 0 Å². The number of carbonyl (C=O) groups is 1. The third-order valence-corrected chi connectivity index (χ3v) is 6.08.